The van der Waals surface area contributed by atoms with Crippen molar-refractivity contribution >= 4 is 34.6 Å². The van der Waals surface area contributed by atoms with Crippen LogP contribution in [0.1, 0.15) is 19.4 Å². The molecule has 3 unspecified atom stereocenters. The van der Waals surface area contributed by atoms with Gasteiger partial charge < -0.3 is 36.9 Å². The summed E-state index contributed by atoms with van der Waals surface area (Å²) in [5.41, 5.74) is 7.28. The van der Waals surface area contributed by atoms with E-state index in [1.807, 2.05) is 24.3 Å². The Labute approximate surface area is 184 Å². The number of nitrogens with two attached hydrogens (primary N) is 1. The number of fused-ring (bicyclic) bond motifs is 1. The van der Waals surface area contributed by atoms with Crippen LogP contribution in [-0.4, -0.2) is 70.2 Å². The largest absolute Gasteiger partial charge is 0.480 e. The van der Waals surface area contributed by atoms with Crippen molar-refractivity contribution in [1.29, 1.82) is 0 Å². The highest BCUT2D eigenvalue weighted by molar-refractivity contribution is 5.93. The number of hydrogen-bond acceptors (Lipinski definition) is 6. The van der Waals surface area contributed by atoms with Gasteiger partial charge in [-0.2, -0.15) is 0 Å². The Morgan fingerprint density at radius 3 is 2.38 bits per heavy atom. The minimum Gasteiger partial charge on any atom is -0.480 e. The summed E-state index contributed by atoms with van der Waals surface area (Å²) in [6.45, 7) is 2.25. The van der Waals surface area contributed by atoms with E-state index >= 15 is 0 Å². The highest BCUT2D eigenvalue weighted by atomic mass is 16.4. The molecule has 0 saturated carbocycles. The number of benzene rings is 1. The number of aromatic amines is 1. The lowest BCUT2D eigenvalue weighted by Crippen LogP contribution is -2.55. The summed E-state index contributed by atoms with van der Waals surface area (Å²) in [6.07, 6.45) is 1.73. The number of carbonyl (C=O) groups excluding carboxylic acids is 3. The Bertz CT molecular complexity index is 972. The molecule has 0 fully saturated rings. The molecule has 1 heterocycles. The third-order valence-electron chi connectivity index (χ3n) is 4.99. The van der Waals surface area contributed by atoms with Crippen molar-refractivity contribution in [3.05, 3.63) is 36.0 Å². The SMILES string of the molecule is CC(C)C(N)C(=O)NC(CO)C(=O)NCC(=O)NC(Cc1c[nH]c2ccccc12)C(=O)O. The standard InChI is InChI=1S/C21H29N5O6/c1-11(2)18(22)20(30)26-16(10-27)19(29)24-9-17(28)25-15(21(31)32)7-12-8-23-14-6-4-3-5-13(12)14/h3-6,8,11,15-16,18,23,27H,7,9-10,22H2,1-2H3,(H,24,29)(H,25,28)(H,26,30)(H,31,32). The van der Waals surface area contributed by atoms with Crippen LogP contribution in [0.4, 0.5) is 0 Å². The van der Waals surface area contributed by atoms with E-state index in [2.05, 4.69) is 20.9 Å². The van der Waals surface area contributed by atoms with E-state index in [0.29, 0.717) is 0 Å². The van der Waals surface area contributed by atoms with Crippen LogP contribution in [0.5, 0.6) is 0 Å². The highest BCUT2D eigenvalue weighted by Crippen LogP contribution is 2.19. The van der Waals surface area contributed by atoms with Crippen molar-refractivity contribution in [3.8, 4) is 0 Å². The average molecular weight is 447 g/mol. The molecule has 2 aromatic rings. The first-order chi connectivity index (χ1) is 15.1. The number of para-hydroxylation sites is 1. The first kappa shape index (κ1) is 24.8. The molecule has 0 aliphatic heterocycles. The molecule has 11 nitrogen and oxygen atoms in total. The van der Waals surface area contributed by atoms with Crippen LogP contribution < -0.4 is 21.7 Å². The molecule has 174 valence electrons. The monoisotopic (exact) mass is 447 g/mol. The number of rotatable bonds is 11. The van der Waals surface area contributed by atoms with E-state index in [4.69, 9.17) is 5.73 Å². The van der Waals surface area contributed by atoms with Crippen molar-refractivity contribution in [2.75, 3.05) is 13.2 Å². The molecule has 0 aliphatic carbocycles. The summed E-state index contributed by atoms with van der Waals surface area (Å²) < 4.78 is 0. The van der Waals surface area contributed by atoms with Gasteiger partial charge in [-0.3, -0.25) is 14.4 Å². The maximum absolute atomic E-state index is 12.2. The number of nitrogens with one attached hydrogen (secondary N) is 4. The van der Waals surface area contributed by atoms with Crippen molar-refractivity contribution in [2.24, 2.45) is 11.7 Å². The zero-order chi connectivity index (χ0) is 23.8. The molecular weight excluding hydrogens is 418 g/mol. The fraction of sp³-hybridized carbons (Fsp3) is 0.429. The molecule has 0 saturated heterocycles. The minimum absolute atomic E-state index is 0.0431. The fourth-order valence-electron chi connectivity index (χ4n) is 3.02. The van der Waals surface area contributed by atoms with Gasteiger partial charge in [-0.05, 0) is 17.5 Å². The zero-order valence-electron chi connectivity index (χ0n) is 17.9. The normalized spacial score (nSPS) is 13.9. The molecule has 2 rings (SSSR count). The lowest BCUT2D eigenvalue weighted by atomic mass is 10.0. The Balaban J connectivity index is 1.92. The van der Waals surface area contributed by atoms with Crippen LogP contribution in [0.2, 0.25) is 0 Å². The van der Waals surface area contributed by atoms with Crippen LogP contribution >= 0.6 is 0 Å². The number of aliphatic carboxylic acids is 1. The van der Waals surface area contributed by atoms with Crippen LogP contribution in [0, 0.1) is 5.92 Å². The van der Waals surface area contributed by atoms with Gasteiger partial charge in [0.1, 0.15) is 12.1 Å². The first-order valence-corrected chi connectivity index (χ1v) is 10.2. The smallest absolute Gasteiger partial charge is 0.326 e. The van der Waals surface area contributed by atoms with Crippen LogP contribution in [-0.2, 0) is 25.6 Å². The van der Waals surface area contributed by atoms with Gasteiger partial charge in [0.2, 0.25) is 17.7 Å². The lowest BCUT2D eigenvalue weighted by molar-refractivity contribution is -0.141. The Kier molecular flexibility index (Phi) is 8.73. The molecule has 0 aliphatic rings. The van der Waals surface area contributed by atoms with E-state index in [9.17, 15) is 29.4 Å². The molecular formula is C21H29N5O6. The van der Waals surface area contributed by atoms with E-state index < -0.39 is 55.0 Å². The van der Waals surface area contributed by atoms with E-state index in [1.54, 1.807) is 20.0 Å². The number of aliphatic hydroxyl groups excluding tert-OH is 1. The maximum atomic E-state index is 12.2. The second-order valence-corrected chi connectivity index (χ2v) is 7.75. The second-order valence-electron chi connectivity index (χ2n) is 7.75. The predicted octanol–water partition coefficient (Wildman–Crippen LogP) is -1.14. The highest BCUT2D eigenvalue weighted by Gasteiger charge is 2.26. The van der Waals surface area contributed by atoms with Gasteiger partial charge in [0.05, 0.1) is 19.2 Å². The van der Waals surface area contributed by atoms with E-state index in [-0.39, 0.29) is 12.3 Å². The number of aromatic nitrogens is 1. The summed E-state index contributed by atoms with van der Waals surface area (Å²) in [4.78, 5) is 51.1. The number of carboxylic acid groups (broad SMARTS) is 1. The summed E-state index contributed by atoms with van der Waals surface area (Å²) >= 11 is 0. The number of H-pyrrole nitrogens is 1. The quantitative estimate of drug-likeness (QED) is 0.227. The van der Waals surface area contributed by atoms with Gasteiger partial charge in [0.25, 0.3) is 0 Å². The summed E-state index contributed by atoms with van der Waals surface area (Å²) in [5.74, 6) is -3.53. The fourth-order valence-corrected chi connectivity index (χ4v) is 3.02. The first-order valence-electron chi connectivity index (χ1n) is 10.2. The summed E-state index contributed by atoms with van der Waals surface area (Å²) in [7, 11) is 0. The number of carbonyl (C=O) groups is 4. The molecule has 3 atom stereocenters. The van der Waals surface area contributed by atoms with E-state index in [0.717, 1.165) is 16.5 Å². The van der Waals surface area contributed by atoms with Crippen molar-refractivity contribution in [3.63, 3.8) is 0 Å². The molecule has 0 spiro atoms. The molecule has 0 bridgehead atoms. The number of amides is 3. The van der Waals surface area contributed by atoms with Crippen molar-refractivity contribution < 1.29 is 29.4 Å². The van der Waals surface area contributed by atoms with Crippen molar-refractivity contribution in [1.82, 2.24) is 20.9 Å². The molecule has 0 radical (unpaired) electrons. The number of carboxylic acids is 1. The van der Waals surface area contributed by atoms with Gasteiger partial charge in [0.15, 0.2) is 0 Å². The van der Waals surface area contributed by atoms with Gasteiger partial charge in [-0.1, -0.05) is 32.0 Å². The van der Waals surface area contributed by atoms with Gasteiger partial charge in [0, 0.05) is 23.5 Å². The second kappa shape index (κ2) is 11.3. The minimum atomic E-state index is -1.29. The zero-order valence-corrected chi connectivity index (χ0v) is 17.9. The average Bonchev–Trinajstić information content (AvgIpc) is 3.17. The number of hydrogen-bond donors (Lipinski definition) is 7. The topological polar surface area (TPSA) is 187 Å². The van der Waals surface area contributed by atoms with Crippen LogP contribution in [0.3, 0.4) is 0 Å². The molecule has 32 heavy (non-hydrogen) atoms. The van der Waals surface area contributed by atoms with Gasteiger partial charge in [-0.25, -0.2) is 4.79 Å². The van der Waals surface area contributed by atoms with Crippen LogP contribution in [0.15, 0.2) is 30.5 Å². The predicted molar refractivity (Wildman–Crippen MR) is 116 cm³/mol. The maximum Gasteiger partial charge on any atom is 0.326 e. The molecule has 1 aromatic carbocycles. The Hall–Kier alpha value is -3.44. The van der Waals surface area contributed by atoms with Gasteiger partial charge >= 0.3 is 5.97 Å². The summed E-state index contributed by atoms with van der Waals surface area (Å²) in [6, 6.07) is 4.01. The van der Waals surface area contributed by atoms with Crippen LogP contribution in [0.25, 0.3) is 10.9 Å². The Morgan fingerprint density at radius 2 is 1.75 bits per heavy atom. The lowest BCUT2D eigenvalue weighted by Gasteiger charge is -2.21. The third kappa shape index (κ3) is 6.53. The molecule has 11 heteroatoms. The Morgan fingerprint density at radius 1 is 1.06 bits per heavy atom. The van der Waals surface area contributed by atoms with E-state index in [1.165, 1.54) is 0 Å². The number of aliphatic hydroxyl groups is 1. The third-order valence-corrected chi connectivity index (χ3v) is 4.99. The van der Waals surface area contributed by atoms with Crippen molar-refractivity contribution in [2.45, 2.75) is 38.4 Å². The molecule has 8 N–H and O–H groups in total. The molecule has 1 aromatic heterocycles. The van der Waals surface area contributed by atoms with Gasteiger partial charge in [-0.15, -0.1) is 0 Å². The molecule has 3 amide bonds. The summed E-state index contributed by atoms with van der Waals surface area (Å²) in [5, 5.41) is 26.7.